The van der Waals surface area contributed by atoms with Gasteiger partial charge >= 0.3 is 0 Å². The van der Waals surface area contributed by atoms with E-state index in [2.05, 4.69) is 115 Å². The first-order valence-corrected chi connectivity index (χ1v) is 14.3. The van der Waals surface area contributed by atoms with Gasteiger partial charge in [-0.2, -0.15) is 0 Å². The zero-order valence-electron chi connectivity index (χ0n) is 29.5. The second-order valence-corrected chi connectivity index (χ2v) is 11.1. The van der Waals surface area contributed by atoms with Crippen molar-refractivity contribution in [1.82, 2.24) is 0 Å². The minimum atomic E-state index is -1.00. The Bertz CT molecular complexity index is 446. The summed E-state index contributed by atoms with van der Waals surface area (Å²) < 4.78 is 14.1. The largest absolute Gasteiger partial charge is 0.103 e. The molecule has 0 aliphatic carbocycles. The molecule has 0 rings (SSSR count). The van der Waals surface area contributed by atoms with Gasteiger partial charge in [-0.25, -0.2) is 0 Å². The zero-order valence-corrected chi connectivity index (χ0v) is 27.5. The third-order valence-corrected chi connectivity index (χ3v) is 4.29. The fourth-order valence-corrected chi connectivity index (χ4v) is 1.19. The molecule has 0 heteroatoms. The second-order valence-electron chi connectivity index (χ2n) is 11.1. The fourth-order valence-electron chi connectivity index (χ4n) is 1.19. The Labute approximate surface area is 238 Å². The van der Waals surface area contributed by atoms with Crippen LogP contribution in [0.2, 0.25) is 0 Å². The molecule has 0 bridgehead atoms. The minimum absolute atomic E-state index is 0. The van der Waals surface area contributed by atoms with Gasteiger partial charge in [0.1, 0.15) is 0 Å². The van der Waals surface area contributed by atoms with Crippen molar-refractivity contribution in [3.8, 4) is 0 Å². The van der Waals surface area contributed by atoms with Gasteiger partial charge in [0.05, 0.1) is 0 Å². The number of hydrogen-bond acceptors (Lipinski definition) is 0. The number of hydrogen-bond donors (Lipinski definition) is 0. The zero-order chi connectivity index (χ0) is 31.0. The molecule has 0 aromatic heterocycles. The summed E-state index contributed by atoms with van der Waals surface area (Å²) in [6, 6.07) is 0. The van der Waals surface area contributed by atoms with Crippen LogP contribution in [-0.4, -0.2) is 0 Å². The molecule has 0 radical (unpaired) electrons. The van der Waals surface area contributed by atoms with Gasteiger partial charge in [0.25, 0.3) is 0 Å². The molecule has 0 nitrogen and oxygen atoms in total. The van der Waals surface area contributed by atoms with Gasteiger partial charge in [0.2, 0.25) is 0 Å². The highest BCUT2D eigenvalue weighted by molar-refractivity contribution is 4.77. The van der Waals surface area contributed by atoms with Crippen molar-refractivity contribution >= 4 is 0 Å². The summed E-state index contributed by atoms with van der Waals surface area (Å²) in [4.78, 5) is 0. The van der Waals surface area contributed by atoms with Crippen molar-refractivity contribution in [3.63, 3.8) is 0 Å². The predicted octanol–water partition coefficient (Wildman–Crippen LogP) is 14.0. The van der Waals surface area contributed by atoms with E-state index in [0.29, 0.717) is 5.92 Å². The Morgan fingerprint density at radius 2 is 1.00 bits per heavy atom. The van der Waals surface area contributed by atoms with Crippen LogP contribution in [0.4, 0.5) is 0 Å². The topological polar surface area (TPSA) is 0 Å². The summed E-state index contributed by atoms with van der Waals surface area (Å²) in [6.07, 6.45) is 15.2. The van der Waals surface area contributed by atoms with E-state index in [0.717, 1.165) is 36.5 Å². The lowest BCUT2D eigenvalue weighted by Crippen LogP contribution is -1.82. The molecule has 0 amide bonds. The molecule has 0 aromatic rings. The van der Waals surface area contributed by atoms with Crippen molar-refractivity contribution < 1.29 is 2.74 Å². The van der Waals surface area contributed by atoms with Crippen LogP contribution < -0.4 is 0 Å². The lowest BCUT2D eigenvalue weighted by Gasteiger charge is -1.96. The van der Waals surface area contributed by atoms with E-state index in [1.807, 2.05) is 32.1 Å². The monoisotopic (exact) mass is 513 g/mol. The summed E-state index contributed by atoms with van der Waals surface area (Å²) in [7, 11) is 0. The maximum absolute atomic E-state index is 7.05. The first-order valence-electron chi connectivity index (χ1n) is 15.3. The van der Waals surface area contributed by atoms with Crippen molar-refractivity contribution in [1.29, 1.82) is 0 Å². The Morgan fingerprint density at radius 3 is 1.06 bits per heavy atom. The molecular formula is C36H78. The Kier molecular flexibility index (Phi) is 58.9. The fraction of sp³-hybridized carbons (Fsp3) is 0.778. The maximum Gasteiger partial charge on any atom is 0.0266 e. The lowest BCUT2D eigenvalue weighted by molar-refractivity contribution is 0.594. The van der Waals surface area contributed by atoms with Gasteiger partial charge in [-0.15, -0.1) is 19.7 Å². The maximum atomic E-state index is 7.05. The Balaban J connectivity index is -0.0000000607. The summed E-state index contributed by atoms with van der Waals surface area (Å²) in [5.74, 6) is 4.09. The van der Waals surface area contributed by atoms with E-state index in [1.165, 1.54) is 19.3 Å². The van der Waals surface area contributed by atoms with Gasteiger partial charge in [-0.05, 0) is 68.1 Å². The van der Waals surface area contributed by atoms with Gasteiger partial charge in [0, 0.05) is 2.74 Å². The highest BCUT2D eigenvalue weighted by Gasteiger charge is 1.87. The van der Waals surface area contributed by atoms with Crippen molar-refractivity contribution in [2.75, 3.05) is 0 Å². The molecule has 222 valence electrons. The predicted molar refractivity (Wildman–Crippen MR) is 180 cm³/mol. The molecular weight excluding hydrogens is 432 g/mol. The first-order chi connectivity index (χ1) is 16.8. The molecule has 0 heterocycles. The molecule has 36 heavy (non-hydrogen) atoms. The second kappa shape index (κ2) is 47.2. The standard InChI is InChI=1S/2C7H14.C6H12.2C5H12.C5H10.CH4/c2*1-4-5-6-7(2)3;1-4-5-6(2)3;3*1-4-5(2)3;/h4-5,7H,6H2,1-3H3;4,7H,1,5-6H2,2-3H3;4,6H,1,5H2,2-3H3;2*5H,4H2,1-3H3;4-5H,1H2,2-3H3;1H4/i;;;4D2;;;. The molecule has 0 fully saturated rings. The molecule has 0 spiro atoms. The van der Waals surface area contributed by atoms with Crippen molar-refractivity contribution in [3.05, 3.63) is 50.1 Å². The molecule has 0 aliphatic rings. The van der Waals surface area contributed by atoms with Gasteiger partial charge in [-0.3, -0.25) is 0 Å². The van der Waals surface area contributed by atoms with E-state index in [1.54, 1.807) is 6.92 Å². The summed E-state index contributed by atoms with van der Waals surface area (Å²) in [5, 5.41) is 0. The summed E-state index contributed by atoms with van der Waals surface area (Å²) >= 11 is 0. The molecule has 0 saturated carbocycles. The van der Waals surface area contributed by atoms with Crippen LogP contribution in [0.15, 0.2) is 50.1 Å². The van der Waals surface area contributed by atoms with Gasteiger partial charge in [0.15, 0.2) is 0 Å². The number of rotatable bonds is 10. The smallest absolute Gasteiger partial charge is 0.0266 e. The van der Waals surface area contributed by atoms with Gasteiger partial charge < -0.3 is 0 Å². The van der Waals surface area contributed by atoms with Crippen LogP contribution in [0.1, 0.15) is 153 Å². The molecule has 0 aliphatic heterocycles. The van der Waals surface area contributed by atoms with Crippen LogP contribution >= 0.6 is 0 Å². The lowest BCUT2D eigenvalue weighted by atomic mass is 10.1. The van der Waals surface area contributed by atoms with E-state index < -0.39 is 6.37 Å². The highest BCUT2D eigenvalue weighted by Crippen LogP contribution is 2.02. The van der Waals surface area contributed by atoms with Crippen LogP contribution in [0.5, 0.6) is 0 Å². The molecule has 0 N–H and O–H groups in total. The average Bonchev–Trinajstić information content (AvgIpc) is 2.77. The van der Waals surface area contributed by atoms with Crippen LogP contribution in [-0.2, 0) is 0 Å². The van der Waals surface area contributed by atoms with Crippen molar-refractivity contribution in [2.45, 2.75) is 150 Å². The van der Waals surface area contributed by atoms with Gasteiger partial charge in [-0.1, -0.05) is 148 Å². The molecule has 0 atom stereocenters. The molecule has 0 saturated heterocycles. The number of allylic oxidation sites excluding steroid dienone is 5. The van der Waals surface area contributed by atoms with E-state index in [4.69, 9.17) is 2.74 Å². The van der Waals surface area contributed by atoms with E-state index in [-0.39, 0.29) is 13.3 Å². The molecule has 0 unspecified atom stereocenters. The third-order valence-electron chi connectivity index (χ3n) is 4.29. The normalized spacial score (nSPS) is 10.7. The van der Waals surface area contributed by atoms with Crippen LogP contribution in [0.3, 0.4) is 0 Å². The van der Waals surface area contributed by atoms with Crippen molar-refractivity contribution in [2.24, 2.45) is 35.5 Å². The van der Waals surface area contributed by atoms with E-state index in [9.17, 15) is 0 Å². The third kappa shape index (κ3) is 132. The summed E-state index contributed by atoms with van der Waals surface area (Å²) in [6.45, 7) is 42.3. The summed E-state index contributed by atoms with van der Waals surface area (Å²) in [5.41, 5.74) is 0. The highest BCUT2D eigenvalue weighted by atomic mass is 13.9. The van der Waals surface area contributed by atoms with Crippen LogP contribution in [0, 0.1) is 35.5 Å². The molecule has 0 aromatic carbocycles. The Hall–Kier alpha value is -1.04. The SMILES string of the molecule is C.C=CC(C)C.C=CCC(C)C.C=CCCC(C)C.CC=CCC(C)C.CCC(C)C.[2H]C([2H])(C)C(C)C. The van der Waals surface area contributed by atoms with E-state index >= 15 is 0 Å². The quantitative estimate of drug-likeness (QED) is 0.255. The minimum Gasteiger partial charge on any atom is -0.103 e. The average molecular weight is 513 g/mol. The van der Waals surface area contributed by atoms with Crippen LogP contribution in [0.25, 0.3) is 0 Å². The Morgan fingerprint density at radius 1 is 0.639 bits per heavy atom. The first kappa shape index (κ1) is 44.9.